The van der Waals surface area contributed by atoms with E-state index in [0.717, 1.165) is 24.6 Å². The SMILES string of the molecule is CCNC(=NCc1cccc(C(N)=O)c1)N(C)Cc1ccc(SC)cc1.I. The van der Waals surface area contributed by atoms with Gasteiger partial charge in [-0.25, -0.2) is 4.99 Å². The standard InChI is InChI=1S/C20H26N4OS.HI/c1-4-22-20(23-13-16-6-5-7-17(12-16)19(21)25)24(2)14-15-8-10-18(26-3)11-9-15;/h5-12H,4,13-14H2,1-3H3,(H2,21,25)(H,22,23);1H. The minimum Gasteiger partial charge on any atom is -0.366 e. The Kier molecular flexibility index (Phi) is 10.2. The van der Waals surface area contributed by atoms with Crippen molar-refractivity contribution in [3.63, 3.8) is 0 Å². The second kappa shape index (κ2) is 11.9. The van der Waals surface area contributed by atoms with Gasteiger partial charge in [-0.3, -0.25) is 4.79 Å². The van der Waals surface area contributed by atoms with Gasteiger partial charge in [0.1, 0.15) is 0 Å². The maximum absolute atomic E-state index is 11.3. The van der Waals surface area contributed by atoms with Crippen molar-refractivity contribution >= 4 is 47.6 Å². The lowest BCUT2D eigenvalue weighted by atomic mass is 10.1. The Morgan fingerprint density at radius 3 is 2.48 bits per heavy atom. The first-order valence-corrected chi connectivity index (χ1v) is 9.77. The van der Waals surface area contributed by atoms with E-state index in [2.05, 4.69) is 45.7 Å². The number of halogens is 1. The van der Waals surface area contributed by atoms with Crippen LogP contribution in [0.1, 0.15) is 28.4 Å². The highest BCUT2D eigenvalue weighted by Gasteiger charge is 2.07. The highest BCUT2D eigenvalue weighted by Crippen LogP contribution is 2.15. The number of nitrogens with zero attached hydrogens (tertiary/aromatic N) is 2. The number of primary amides is 1. The van der Waals surface area contributed by atoms with Crippen LogP contribution in [0.3, 0.4) is 0 Å². The number of nitrogens with one attached hydrogen (secondary N) is 1. The molecule has 0 fully saturated rings. The van der Waals surface area contributed by atoms with Gasteiger partial charge in [-0.2, -0.15) is 0 Å². The van der Waals surface area contributed by atoms with Gasteiger partial charge in [-0.1, -0.05) is 24.3 Å². The maximum atomic E-state index is 11.3. The summed E-state index contributed by atoms with van der Waals surface area (Å²) in [6, 6.07) is 15.8. The average Bonchev–Trinajstić information content (AvgIpc) is 2.65. The van der Waals surface area contributed by atoms with Crippen molar-refractivity contribution in [2.45, 2.75) is 24.9 Å². The Hall–Kier alpha value is -1.74. The number of benzene rings is 2. The van der Waals surface area contributed by atoms with Crippen LogP contribution in [0.15, 0.2) is 58.4 Å². The summed E-state index contributed by atoms with van der Waals surface area (Å²) in [7, 11) is 2.02. The molecule has 0 saturated carbocycles. The summed E-state index contributed by atoms with van der Waals surface area (Å²) >= 11 is 1.74. The lowest BCUT2D eigenvalue weighted by Gasteiger charge is -2.22. The number of aliphatic imine (C=N–C) groups is 1. The first kappa shape index (κ1) is 23.3. The fourth-order valence-electron chi connectivity index (χ4n) is 2.54. The molecule has 0 saturated heterocycles. The zero-order valence-electron chi connectivity index (χ0n) is 15.9. The quantitative estimate of drug-likeness (QED) is 0.264. The Morgan fingerprint density at radius 1 is 1.19 bits per heavy atom. The summed E-state index contributed by atoms with van der Waals surface area (Å²) < 4.78 is 0. The van der Waals surface area contributed by atoms with E-state index in [4.69, 9.17) is 5.73 Å². The molecule has 3 N–H and O–H groups in total. The molecule has 2 aromatic rings. The Bertz CT molecular complexity index is 765. The van der Waals surface area contributed by atoms with Gasteiger partial charge < -0.3 is 16.0 Å². The molecule has 7 heteroatoms. The van der Waals surface area contributed by atoms with Gasteiger partial charge in [0.05, 0.1) is 6.54 Å². The summed E-state index contributed by atoms with van der Waals surface area (Å²) in [5.41, 5.74) is 8.03. The monoisotopic (exact) mass is 498 g/mol. The van der Waals surface area contributed by atoms with Crippen molar-refractivity contribution in [1.29, 1.82) is 0 Å². The number of carbonyl (C=O) groups is 1. The topological polar surface area (TPSA) is 70.7 Å². The third-order valence-corrected chi connectivity index (χ3v) is 4.64. The molecule has 27 heavy (non-hydrogen) atoms. The average molecular weight is 498 g/mol. The van der Waals surface area contributed by atoms with Crippen LogP contribution in [-0.4, -0.2) is 36.6 Å². The van der Waals surface area contributed by atoms with E-state index < -0.39 is 5.91 Å². The van der Waals surface area contributed by atoms with Gasteiger partial charge in [0.25, 0.3) is 0 Å². The third kappa shape index (κ3) is 7.42. The number of rotatable bonds is 7. The molecule has 1 amide bonds. The fraction of sp³-hybridized carbons (Fsp3) is 0.300. The van der Waals surface area contributed by atoms with E-state index in [1.54, 1.807) is 23.9 Å². The first-order chi connectivity index (χ1) is 12.5. The van der Waals surface area contributed by atoms with Crippen molar-refractivity contribution in [2.24, 2.45) is 10.7 Å². The van der Waals surface area contributed by atoms with Crippen LogP contribution >= 0.6 is 35.7 Å². The van der Waals surface area contributed by atoms with Gasteiger partial charge in [0.2, 0.25) is 5.91 Å². The Morgan fingerprint density at radius 2 is 1.89 bits per heavy atom. The molecule has 0 atom stereocenters. The number of carbonyl (C=O) groups excluding carboxylic acids is 1. The zero-order valence-corrected chi connectivity index (χ0v) is 19.1. The molecule has 0 spiro atoms. The number of guanidine groups is 1. The van der Waals surface area contributed by atoms with Crippen LogP contribution in [0.2, 0.25) is 0 Å². The molecule has 146 valence electrons. The molecular formula is C20H27IN4OS. The van der Waals surface area contributed by atoms with E-state index in [9.17, 15) is 4.79 Å². The number of hydrogen-bond donors (Lipinski definition) is 2. The van der Waals surface area contributed by atoms with Gasteiger partial charge in [0.15, 0.2) is 5.96 Å². The molecule has 0 aliphatic rings. The zero-order chi connectivity index (χ0) is 18.9. The van der Waals surface area contributed by atoms with E-state index in [1.165, 1.54) is 10.5 Å². The lowest BCUT2D eigenvalue weighted by Crippen LogP contribution is -2.38. The predicted octanol–water partition coefficient (Wildman–Crippen LogP) is 3.72. The summed E-state index contributed by atoms with van der Waals surface area (Å²) in [5, 5.41) is 3.31. The largest absolute Gasteiger partial charge is 0.366 e. The molecule has 0 heterocycles. The van der Waals surface area contributed by atoms with E-state index >= 15 is 0 Å². The van der Waals surface area contributed by atoms with Crippen LogP contribution in [0.5, 0.6) is 0 Å². The van der Waals surface area contributed by atoms with Crippen molar-refractivity contribution in [2.75, 3.05) is 19.8 Å². The van der Waals surface area contributed by atoms with Crippen LogP contribution in [-0.2, 0) is 13.1 Å². The van der Waals surface area contributed by atoms with E-state index in [0.29, 0.717) is 12.1 Å². The molecule has 0 aromatic heterocycles. The second-order valence-corrected chi connectivity index (χ2v) is 6.82. The van der Waals surface area contributed by atoms with E-state index in [1.807, 2.05) is 26.1 Å². The molecule has 2 rings (SSSR count). The number of amides is 1. The van der Waals surface area contributed by atoms with Crippen molar-refractivity contribution in [3.05, 3.63) is 65.2 Å². The number of thioether (sulfide) groups is 1. The van der Waals surface area contributed by atoms with Crippen molar-refractivity contribution in [3.8, 4) is 0 Å². The van der Waals surface area contributed by atoms with Gasteiger partial charge in [-0.15, -0.1) is 35.7 Å². The minimum absolute atomic E-state index is 0. The molecule has 2 aromatic carbocycles. The normalized spacial score (nSPS) is 10.9. The lowest BCUT2D eigenvalue weighted by molar-refractivity contribution is 0.1000. The Labute approximate surface area is 182 Å². The van der Waals surface area contributed by atoms with Crippen LogP contribution < -0.4 is 11.1 Å². The summed E-state index contributed by atoms with van der Waals surface area (Å²) in [6.45, 7) is 4.08. The van der Waals surface area contributed by atoms with Gasteiger partial charge in [-0.05, 0) is 48.6 Å². The number of nitrogens with two attached hydrogens (primary N) is 1. The van der Waals surface area contributed by atoms with Crippen molar-refractivity contribution < 1.29 is 4.79 Å². The minimum atomic E-state index is -0.423. The van der Waals surface area contributed by atoms with Crippen LogP contribution in [0.4, 0.5) is 0 Å². The number of hydrogen-bond acceptors (Lipinski definition) is 3. The second-order valence-electron chi connectivity index (χ2n) is 5.94. The molecule has 0 aliphatic heterocycles. The molecule has 5 nitrogen and oxygen atoms in total. The van der Waals surface area contributed by atoms with Crippen LogP contribution in [0, 0.1) is 0 Å². The maximum Gasteiger partial charge on any atom is 0.248 e. The molecule has 0 unspecified atom stereocenters. The third-order valence-electron chi connectivity index (χ3n) is 3.90. The Balaban J connectivity index is 0.00000364. The molecule has 0 bridgehead atoms. The molecular weight excluding hydrogens is 471 g/mol. The smallest absolute Gasteiger partial charge is 0.248 e. The van der Waals surface area contributed by atoms with Crippen LogP contribution in [0.25, 0.3) is 0 Å². The highest BCUT2D eigenvalue weighted by atomic mass is 127. The molecule has 0 radical (unpaired) electrons. The summed E-state index contributed by atoms with van der Waals surface area (Å²) in [5.74, 6) is 0.402. The summed E-state index contributed by atoms with van der Waals surface area (Å²) in [4.78, 5) is 19.4. The highest BCUT2D eigenvalue weighted by molar-refractivity contribution is 14.0. The predicted molar refractivity (Wildman–Crippen MR) is 125 cm³/mol. The fourth-order valence-corrected chi connectivity index (χ4v) is 2.95. The van der Waals surface area contributed by atoms with Gasteiger partial charge >= 0.3 is 0 Å². The van der Waals surface area contributed by atoms with Gasteiger partial charge in [0, 0.05) is 30.6 Å². The summed E-state index contributed by atoms with van der Waals surface area (Å²) in [6.07, 6.45) is 2.07. The first-order valence-electron chi connectivity index (χ1n) is 8.54. The van der Waals surface area contributed by atoms with E-state index in [-0.39, 0.29) is 24.0 Å². The van der Waals surface area contributed by atoms with Crippen molar-refractivity contribution in [1.82, 2.24) is 10.2 Å². The molecule has 0 aliphatic carbocycles.